The standard InChI is InChI=1S/C17H21NO2S/c1-13(18-11-14-8-9-21(19,20)12-14)16-7-6-15-4-2-3-5-17(15)10-16/h2-7,10,13-14,18H,8-9,11-12H2,1H3. The van der Waals surface area contributed by atoms with Crippen molar-refractivity contribution in [3.63, 3.8) is 0 Å². The van der Waals surface area contributed by atoms with E-state index in [1.807, 2.05) is 12.1 Å². The molecule has 3 rings (SSSR count). The van der Waals surface area contributed by atoms with Crippen molar-refractivity contribution in [3.8, 4) is 0 Å². The molecule has 4 heteroatoms. The Morgan fingerprint density at radius 1 is 1.19 bits per heavy atom. The van der Waals surface area contributed by atoms with Crippen LogP contribution >= 0.6 is 0 Å². The predicted octanol–water partition coefficient (Wildman–Crippen LogP) is 2.93. The van der Waals surface area contributed by atoms with Crippen LogP contribution in [0, 0.1) is 5.92 Å². The summed E-state index contributed by atoms with van der Waals surface area (Å²) >= 11 is 0. The Bertz CT molecular complexity index is 739. The normalized spacial score (nSPS) is 22.4. The number of nitrogens with one attached hydrogen (secondary N) is 1. The molecule has 0 spiro atoms. The second-order valence-electron chi connectivity index (χ2n) is 6.01. The maximum absolute atomic E-state index is 11.5. The van der Waals surface area contributed by atoms with Crippen molar-refractivity contribution in [2.45, 2.75) is 19.4 Å². The largest absolute Gasteiger partial charge is 0.310 e. The third-order valence-corrected chi connectivity index (χ3v) is 6.15. The quantitative estimate of drug-likeness (QED) is 0.944. The Hall–Kier alpha value is -1.39. The zero-order valence-corrected chi connectivity index (χ0v) is 13.1. The molecule has 1 fully saturated rings. The van der Waals surface area contributed by atoms with Gasteiger partial charge in [0.05, 0.1) is 11.5 Å². The topological polar surface area (TPSA) is 46.2 Å². The molecule has 2 atom stereocenters. The molecule has 1 aliphatic rings. The molecular weight excluding hydrogens is 282 g/mol. The molecule has 0 radical (unpaired) electrons. The van der Waals surface area contributed by atoms with Gasteiger partial charge in [-0.05, 0) is 48.2 Å². The van der Waals surface area contributed by atoms with Crippen LogP contribution in [0.2, 0.25) is 0 Å². The third-order valence-electron chi connectivity index (χ3n) is 4.31. The Labute approximate surface area is 126 Å². The van der Waals surface area contributed by atoms with Gasteiger partial charge in [-0.2, -0.15) is 0 Å². The number of rotatable bonds is 4. The van der Waals surface area contributed by atoms with Gasteiger partial charge in [-0.15, -0.1) is 0 Å². The minimum atomic E-state index is -2.78. The van der Waals surface area contributed by atoms with Crippen molar-refractivity contribution in [2.24, 2.45) is 5.92 Å². The van der Waals surface area contributed by atoms with Crippen molar-refractivity contribution >= 4 is 20.6 Å². The van der Waals surface area contributed by atoms with Crippen molar-refractivity contribution in [2.75, 3.05) is 18.1 Å². The fraction of sp³-hybridized carbons (Fsp3) is 0.412. The fourth-order valence-corrected chi connectivity index (χ4v) is 4.83. The number of hydrogen-bond acceptors (Lipinski definition) is 3. The molecule has 1 heterocycles. The van der Waals surface area contributed by atoms with Crippen LogP contribution in [0.4, 0.5) is 0 Å². The maximum atomic E-state index is 11.5. The summed E-state index contributed by atoms with van der Waals surface area (Å²) in [5, 5.41) is 5.97. The molecule has 1 aliphatic heterocycles. The molecule has 0 bridgehead atoms. The van der Waals surface area contributed by atoms with Gasteiger partial charge in [-0.1, -0.05) is 36.4 Å². The fourth-order valence-electron chi connectivity index (χ4n) is 2.97. The first-order valence-electron chi connectivity index (χ1n) is 7.46. The van der Waals surface area contributed by atoms with E-state index in [0.717, 1.165) is 13.0 Å². The number of fused-ring (bicyclic) bond motifs is 1. The van der Waals surface area contributed by atoms with Crippen molar-refractivity contribution in [1.29, 1.82) is 0 Å². The van der Waals surface area contributed by atoms with Gasteiger partial charge in [0.2, 0.25) is 0 Å². The molecule has 0 aliphatic carbocycles. The van der Waals surface area contributed by atoms with E-state index < -0.39 is 9.84 Å². The van der Waals surface area contributed by atoms with Gasteiger partial charge in [-0.3, -0.25) is 0 Å². The SMILES string of the molecule is CC(NCC1CCS(=O)(=O)C1)c1ccc2ccccc2c1. The molecule has 2 aromatic carbocycles. The summed E-state index contributed by atoms with van der Waals surface area (Å²) in [5.41, 5.74) is 1.24. The highest BCUT2D eigenvalue weighted by Crippen LogP contribution is 2.22. The molecule has 1 N–H and O–H groups in total. The lowest BCUT2D eigenvalue weighted by molar-refractivity contribution is 0.476. The summed E-state index contributed by atoms with van der Waals surface area (Å²) in [5.74, 6) is 0.951. The zero-order chi connectivity index (χ0) is 14.9. The summed E-state index contributed by atoms with van der Waals surface area (Å²) in [7, 11) is -2.78. The van der Waals surface area contributed by atoms with Crippen LogP contribution in [0.15, 0.2) is 42.5 Å². The molecule has 3 nitrogen and oxygen atoms in total. The number of hydrogen-bond donors (Lipinski definition) is 1. The smallest absolute Gasteiger partial charge is 0.150 e. The lowest BCUT2D eigenvalue weighted by Gasteiger charge is -2.17. The minimum absolute atomic E-state index is 0.234. The van der Waals surface area contributed by atoms with Crippen LogP contribution < -0.4 is 5.32 Å². The first kappa shape index (κ1) is 14.5. The average molecular weight is 303 g/mol. The highest BCUT2D eigenvalue weighted by atomic mass is 32.2. The van der Waals surface area contributed by atoms with Crippen LogP contribution in [0.3, 0.4) is 0 Å². The van der Waals surface area contributed by atoms with Crippen LogP contribution in [0.1, 0.15) is 24.9 Å². The molecular formula is C17H21NO2S. The Morgan fingerprint density at radius 2 is 1.95 bits per heavy atom. The average Bonchev–Trinajstić information content (AvgIpc) is 2.83. The summed E-state index contributed by atoms with van der Waals surface area (Å²) in [6.45, 7) is 2.90. The van der Waals surface area contributed by atoms with E-state index >= 15 is 0 Å². The van der Waals surface area contributed by atoms with Crippen molar-refractivity contribution in [3.05, 3.63) is 48.0 Å². The van der Waals surface area contributed by atoms with Gasteiger partial charge >= 0.3 is 0 Å². The van der Waals surface area contributed by atoms with E-state index in [-0.39, 0.29) is 12.0 Å². The summed E-state index contributed by atoms with van der Waals surface area (Å²) in [6.07, 6.45) is 0.791. The van der Waals surface area contributed by atoms with Crippen LogP contribution in [-0.4, -0.2) is 26.5 Å². The highest BCUT2D eigenvalue weighted by molar-refractivity contribution is 7.91. The second-order valence-corrected chi connectivity index (χ2v) is 8.23. The number of sulfone groups is 1. The molecule has 1 saturated heterocycles. The van der Waals surface area contributed by atoms with E-state index in [2.05, 4.69) is 42.6 Å². The van der Waals surface area contributed by atoms with Gasteiger partial charge in [0.25, 0.3) is 0 Å². The molecule has 2 aromatic rings. The highest BCUT2D eigenvalue weighted by Gasteiger charge is 2.27. The minimum Gasteiger partial charge on any atom is -0.310 e. The zero-order valence-electron chi connectivity index (χ0n) is 12.2. The lowest BCUT2D eigenvalue weighted by Crippen LogP contribution is -2.26. The van der Waals surface area contributed by atoms with Gasteiger partial charge in [0.15, 0.2) is 9.84 Å². The molecule has 0 amide bonds. The van der Waals surface area contributed by atoms with Gasteiger partial charge in [0, 0.05) is 6.04 Å². The van der Waals surface area contributed by atoms with E-state index in [1.54, 1.807) is 0 Å². The Kier molecular flexibility index (Phi) is 4.00. The van der Waals surface area contributed by atoms with E-state index in [4.69, 9.17) is 0 Å². The molecule has 0 saturated carbocycles. The molecule has 21 heavy (non-hydrogen) atoms. The molecule has 0 aromatic heterocycles. The predicted molar refractivity (Wildman–Crippen MR) is 87.1 cm³/mol. The summed E-state index contributed by atoms with van der Waals surface area (Å²) in [4.78, 5) is 0. The van der Waals surface area contributed by atoms with Gasteiger partial charge in [-0.25, -0.2) is 8.42 Å². The van der Waals surface area contributed by atoms with Crippen molar-refractivity contribution in [1.82, 2.24) is 5.32 Å². The Morgan fingerprint density at radius 3 is 2.67 bits per heavy atom. The maximum Gasteiger partial charge on any atom is 0.150 e. The summed E-state index contributed by atoms with van der Waals surface area (Å²) in [6, 6.07) is 15.1. The van der Waals surface area contributed by atoms with Crippen molar-refractivity contribution < 1.29 is 8.42 Å². The second kappa shape index (κ2) is 5.78. The van der Waals surface area contributed by atoms with Crippen LogP contribution in [-0.2, 0) is 9.84 Å². The molecule has 2 unspecified atom stereocenters. The van der Waals surface area contributed by atoms with Crippen LogP contribution in [0.5, 0.6) is 0 Å². The third kappa shape index (κ3) is 3.44. The van der Waals surface area contributed by atoms with Gasteiger partial charge < -0.3 is 5.32 Å². The van der Waals surface area contributed by atoms with Crippen LogP contribution in [0.25, 0.3) is 10.8 Å². The van der Waals surface area contributed by atoms with E-state index in [0.29, 0.717) is 11.5 Å². The van der Waals surface area contributed by atoms with E-state index in [1.165, 1.54) is 16.3 Å². The van der Waals surface area contributed by atoms with E-state index in [9.17, 15) is 8.42 Å². The van der Waals surface area contributed by atoms with Gasteiger partial charge in [0.1, 0.15) is 0 Å². The lowest BCUT2D eigenvalue weighted by atomic mass is 10.0. The Balaban J connectivity index is 1.65. The monoisotopic (exact) mass is 303 g/mol. The number of benzene rings is 2. The first-order valence-corrected chi connectivity index (χ1v) is 9.28. The first-order chi connectivity index (χ1) is 10.0. The summed E-state index contributed by atoms with van der Waals surface area (Å²) < 4.78 is 22.9. The molecule has 112 valence electrons.